The maximum Gasteiger partial charge on any atom is 0.254 e. The largest absolute Gasteiger partial charge is 0.388 e. The average Bonchev–Trinajstić information content (AvgIpc) is 3.11. The van der Waals surface area contributed by atoms with E-state index in [4.69, 9.17) is 0 Å². The standard InChI is InChI=1S/C15H19N5O3/c1-2-15(23)7-8-20(9-12(15)21)14(22)11-6-4-3-5-10(11)13-16-18-19-17-13/h3-6,12,21,23H,2,7-9H2,1H3,(H,16,17,18,19)/t12-,15-/m1/s1. The normalized spacial score (nSPS) is 24.7. The Hall–Kier alpha value is -2.32. The molecule has 1 aliphatic heterocycles. The molecule has 1 fully saturated rings. The highest BCUT2D eigenvalue weighted by atomic mass is 16.3. The number of nitrogens with zero attached hydrogens (tertiary/aromatic N) is 4. The number of amides is 1. The maximum atomic E-state index is 12.8. The molecule has 0 spiro atoms. The molecule has 2 atom stereocenters. The number of tetrazole rings is 1. The van der Waals surface area contributed by atoms with Gasteiger partial charge in [0.25, 0.3) is 5.91 Å². The molecule has 3 rings (SSSR count). The van der Waals surface area contributed by atoms with Crippen LogP contribution in [0.4, 0.5) is 0 Å². The second-order valence-corrected chi connectivity index (χ2v) is 5.76. The number of aromatic amines is 1. The molecule has 0 aliphatic carbocycles. The Morgan fingerprint density at radius 2 is 2.26 bits per heavy atom. The number of hydrogen-bond donors (Lipinski definition) is 3. The van der Waals surface area contributed by atoms with Crippen LogP contribution < -0.4 is 0 Å². The topological polar surface area (TPSA) is 115 Å². The van der Waals surface area contributed by atoms with Crippen molar-refractivity contribution in [3.05, 3.63) is 29.8 Å². The molecule has 1 aromatic heterocycles. The summed E-state index contributed by atoms with van der Waals surface area (Å²) < 4.78 is 0. The number of aromatic nitrogens is 4. The van der Waals surface area contributed by atoms with Gasteiger partial charge in [-0.1, -0.05) is 25.1 Å². The van der Waals surface area contributed by atoms with Crippen molar-refractivity contribution >= 4 is 5.91 Å². The van der Waals surface area contributed by atoms with Gasteiger partial charge in [0.15, 0.2) is 0 Å². The van der Waals surface area contributed by atoms with E-state index in [0.29, 0.717) is 36.3 Å². The van der Waals surface area contributed by atoms with E-state index in [1.54, 1.807) is 29.2 Å². The number of carbonyl (C=O) groups is 1. The number of nitrogens with one attached hydrogen (secondary N) is 1. The van der Waals surface area contributed by atoms with Crippen LogP contribution in [-0.2, 0) is 0 Å². The number of piperidine rings is 1. The lowest BCUT2D eigenvalue weighted by molar-refractivity contribution is -0.114. The van der Waals surface area contributed by atoms with E-state index in [2.05, 4.69) is 20.6 Å². The summed E-state index contributed by atoms with van der Waals surface area (Å²) in [6.45, 7) is 2.32. The molecule has 2 heterocycles. The van der Waals surface area contributed by atoms with Crippen molar-refractivity contribution < 1.29 is 15.0 Å². The van der Waals surface area contributed by atoms with Crippen LogP contribution in [0.25, 0.3) is 11.4 Å². The Bertz CT molecular complexity index is 690. The molecule has 0 radical (unpaired) electrons. The van der Waals surface area contributed by atoms with Crippen molar-refractivity contribution in [1.29, 1.82) is 0 Å². The van der Waals surface area contributed by atoms with Gasteiger partial charge < -0.3 is 15.1 Å². The molecule has 3 N–H and O–H groups in total. The van der Waals surface area contributed by atoms with Crippen LogP contribution in [0.15, 0.2) is 24.3 Å². The Balaban J connectivity index is 1.85. The quantitative estimate of drug-likeness (QED) is 0.745. The van der Waals surface area contributed by atoms with Gasteiger partial charge in [-0.3, -0.25) is 4.79 Å². The molecule has 1 aromatic carbocycles. The second-order valence-electron chi connectivity index (χ2n) is 5.76. The summed E-state index contributed by atoms with van der Waals surface area (Å²) >= 11 is 0. The number of aliphatic hydroxyl groups is 2. The molecule has 8 nitrogen and oxygen atoms in total. The highest BCUT2D eigenvalue weighted by molar-refractivity contribution is 6.00. The van der Waals surface area contributed by atoms with Crippen LogP contribution >= 0.6 is 0 Å². The lowest BCUT2D eigenvalue weighted by Crippen LogP contribution is -2.56. The summed E-state index contributed by atoms with van der Waals surface area (Å²) in [5, 5.41) is 34.2. The summed E-state index contributed by atoms with van der Waals surface area (Å²) in [7, 11) is 0. The number of benzene rings is 1. The number of carbonyl (C=O) groups excluding carboxylic acids is 1. The second kappa shape index (κ2) is 6.05. The number of aliphatic hydroxyl groups excluding tert-OH is 1. The predicted octanol–water partition coefficient (Wildman–Crippen LogP) is 0.215. The van der Waals surface area contributed by atoms with Crippen LogP contribution in [0.2, 0.25) is 0 Å². The highest BCUT2D eigenvalue weighted by Gasteiger charge is 2.40. The first-order valence-corrected chi connectivity index (χ1v) is 7.57. The fourth-order valence-electron chi connectivity index (χ4n) is 2.87. The smallest absolute Gasteiger partial charge is 0.254 e. The van der Waals surface area contributed by atoms with Gasteiger partial charge in [-0.2, -0.15) is 5.21 Å². The molecule has 0 bridgehead atoms. The van der Waals surface area contributed by atoms with Gasteiger partial charge >= 0.3 is 0 Å². The van der Waals surface area contributed by atoms with Crippen LogP contribution in [0, 0.1) is 0 Å². The Morgan fingerprint density at radius 3 is 2.91 bits per heavy atom. The number of H-pyrrole nitrogens is 1. The Kier molecular flexibility index (Phi) is 4.10. The van der Waals surface area contributed by atoms with E-state index in [1.807, 2.05) is 6.92 Å². The predicted molar refractivity (Wildman–Crippen MR) is 81.4 cm³/mol. The van der Waals surface area contributed by atoms with Crippen molar-refractivity contribution in [3.8, 4) is 11.4 Å². The first-order chi connectivity index (χ1) is 11.0. The van der Waals surface area contributed by atoms with Crippen molar-refractivity contribution in [3.63, 3.8) is 0 Å². The van der Waals surface area contributed by atoms with Crippen LogP contribution in [0.1, 0.15) is 30.1 Å². The third-order valence-electron chi connectivity index (χ3n) is 4.47. The van der Waals surface area contributed by atoms with E-state index in [-0.39, 0.29) is 12.5 Å². The van der Waals surface area contributed by atoms with Crippen LogP contribution in [-0.4, -0.2) is 66.4 Å². The summed E-state index contributed by atoms with van der Waals surface area (Å²) in [6, 6.07) is 7.00. The van der Waals surface area contributed by atoms with Crippen LogP contribution in [0.3, 0.4) is 0 Å². The zero-order valence-corrected chi connectivity index (χ0v) is 12.8. The van der Waals surface area contributed by atoms with Crippen molar-refractivity contribution in [2.24, 2.45) is 0 Å². The summed E-state index contributed by atoms with van der Waals surface area (Å²) in [5.74, 6) is 0.124. The summed E-state index contributed by atoms with van der Waals surface area (Å²) in [5.41, 5.74) is -0.0932. The third kappa shape index (κ3) is 2.82. The van der Waals surface area contributed by atoms with E-state index >= 15 is 0 Å². The first-order valence-electron chi connectivity index (χ1n) is 7.57. The summed E-state index contributed by atoms with van der Waals surface area (Å²) in [4.78, 5) is 14.4. The zero-order chi connectivity index (χ0) is 16.4. The lowest BCUT2D eigenvalue weighted by Gasteiger charge is -2.41. The molecule has 23 heavy (non-hydrogen) atoms. The average molecular weight is 317 g/mol. The van der Waals surface area contributed by atoms with E-state index in [1.165, 1.54) is 0 Å². The van der Waals surface area contributed by atoms with Crippen LogP contribution in [0.5, 0.6) is 0 Å². The van der Waals surface area contributed by atoms with Gasteiger partial charge in [-0.05, 0) is 24.1 Å². The summed E-state index contributed by atoms with van der Waals surface area (Å²) in [6.07, 6.45) is -0.154. The molecular weight excluding hydrogens is 298 g/mol. The fourth-order valence-corrected chi connectivity index (χ4v) is 2.87. The molecule has 1 amide bonds. The number of rotatable bonds is 3. The molecular formula is C15H19N5O3. The third-order valence-corrected chi connectivity index (χ3v) is 4.47. The number of hydrogen-bond acceptors (Lipinski definition) is 6. The molecule has 2 aromatic rings. The zero-order valence-electron chi connectivity index (χ0n) is 12.8. The SMILES string of the molecule is CC[C@@]1(O)CCN(C(=O)c2ccccc2-c2nn[nH]n2)C[C@H]1O. The minimum absolute atomic E-state index is 0.101. The van der Waals surface area contributed by atoms with Gasteiger partial charge in [0.1, 0.15) is 6.10 Å². The van der Waals surface area contributed by atoms with E-state index < -0.39 is 11.7 Å². The minimum Gasteiger partial charge on any atom is -0.388 e. The highest BCUT2D eigenvalue weighted by Crippen LogP contribution is 2.28. The Labute approximate surface area is 133 Å². The molecule has 1 saturated heterocycles. The van der Waals surface area contributed by atoms with Gasteiger partial charge in [0.05, 0.1) is 11.2 Å². The van der Waals surface area contributed by atoms with Crippen molar-refractivity contribution in [2.75, 3.05) is 13.1 Å². The molecule has 8 heteroatoms. The van der Waals surface area contributed by atoms with Crippen molar-refractivity contribution in [2.45, 2.75) is 31.5 Å². The van der Waals surface area contributed by atoms with Gasteiger partial charge in [-0.25, -0.2) is 0 Å². The Morgan fingerprint density at radius 1 is 1.48 bits per heavy atom. The van der Waals surface area contributed by atoms with Gasteiger partial charge in [-0.15, -0.1) is 10.2 Å². The minimum atomic E-state index is -1.12. The van der Waals surface area contributed by atoms with Gasteiger partial charge in [0.2, 0.25) is 5.82 Å². The maximum absolute atomic E-state index is 12.8. The molecule has 0 saturated carbocycles. The first kappa shape index (κ1) is 15.6. The van der Waals surface area contributed by atoms with E-state index in [0.717, 1.165) is 0 Å². The van der Waals surface area contributed by atoms with Gasteiger partial charge in [0, 0.05) is 18.7 Å². The fraction of sp³-hybridized carbons (Fsp3) is 0.467. The van der Waals surface area contributed by atoms with E-state index in [9.17, 15) is 15.0 Å². The number of β-amino-alcohol motifs (C(OH)–C–C–N with tert-alkyl or cyclic N) is 1. The monoisotopic (exact) mass is 317 g/mol. The lowest BCUT2D eigenvalue weighted by atomic mass is 9.86. The molecule has 0 unspecified atom stereocenters. The molecule has 1 aliphatic rings. The van der Waals surface area contributed by atoms with Crippen molar-refractivity contribution in [1.82, 2.24) is 25.5 Å². The molecule has 122 valence electrons. The number of likely N-dealkylation sites (tertiary alicyclic amines) is 1.